The highest BCUT2D eigenvalue weighted by atomic mass is 14.8. The van der Waals surface area contributed by atoms with Crippen LogP contribution in [0.25, 0.3) is 22.2 Å². The molecule has 0 spiro atoms. The number of benzene rings is 1. The topological polar surface area (TPSA) is 28.7 Å². The minimum atomic E-state index is 1.02. The standard InChI is InChI=1S/C14H12N2/c1-10-2-4-11(5-3-10)13-14-12(6-8-15-13)7-9-16-14/h2-9,16H,1H3. The van der Waals surface area contributed by atoms with Crippen LogP contribution in [0.15, 0.2) is 48.8 Å². The molecule has 0 amide bonds. The maximum atomic E-state index is 4.45. The van der Waals surface area contributed by atoms with Crippen molar-refractivity contribution in [2.45, 2.75) is 6.92 Å². The highest BCUT2D eigenvalue weighted by Gasteiger charge is 2.05. The fraction of sp³-hybridized carbons (Fsp3) is 0.0714. The van der Waals surface area contributed by atoms with Crippen molar-refractivity contribution >= 4 is 10.9 Å². The number of rotatable bonds is 1. The fourth-order valence-electron chi connectivity index (χ4n) is 1.91. The number of aromatic amines is 1. The molecule has 0 unspecified atom stereocenters. The first-order valence-electron chi connectivity index (χ1n) is 5.34. The van der Waals surface area contributed by atoms with Crippen LogP contribution in [0.2, 0.25) is 0 Å². The Balaban J connectivity index is 2.25. The first kappa shape index (κ1) is 9.16. The molecule has 0 atom stereocenters. The van der Waals surface area contributed by atoms with Gasteiger partial charge in [-0.1, -0.05) is 29.8 Å². The predicted octanol–water partition coefficient (Wildman–Crippen LogP) is 3.54. The van der Waals surface area contributed by atoms with Crippen LogP contribution >= 0.6 is 0 Å². The molecule has 3 aromatic rings. The van der Waals surface area contributed by atoms with E-state index in [-0.39, 0.29) is 0 Å². The minimum Gasteiger partial charge on any atom is -0.359 e. The Labute approximate surface area is 94.0 Å². The Hall–Kier alpha value is -2.09. The zero-order valence-corrected chi connectivity index (χ0v) is 9.07. The van der Waals surface area contributed by atoms with Crippen LogP contribution in [-0.2, 0) is 0 Å². The molecule has 2 aromatic heterocycles. The zero-order chi connectivity index (χ0) is 11.0. The quantitative estimate of drug-likeness (QED) is 0.651. The lowest BCUT2D eigenvalue weighted by atomic mass is 10.1. The second-order valence-electron chi connectivity index (χ2n) is 3.97. The summed E-state index contributed by atoms with van der Waals surface area (Å²) < 4.78 is 0. The van der Waals surface area contributed by atoms with E-state index in [4.69, 9.17) is 0 Å². The van der Waals surface area contributed by atoms with Gasteiger partial charge in [0, 0.05) is 23.3 Å². The molecule has 0 bridgehead atoms. The maximum Gasteiger partial charge on any atom is 0.0942 e. The predicted molar refractivity (Wildman–Crippen MR) is 66.3 cm³/mol. The number of nitrogens with zero attached hydrogens (tertiary/aromatic N) is 1. The maximum absolute atomic E-state index is 4.45. The largest absolute Gasteiger partial charge is 0.359 e. The monoisotopic (exact) mass is 208 g/mol. The molecule has 0 aliphatic rings. The highest BCUT2D eigenvalue weighted by molar-refractivity contribution is 5.91. The van der Waals surface area contributed by atoms with E-state index >= 15 is 0 Å². The molecule has 0 saturated heterocycles. The van der Waals surface area contributed by atoms with Crippen LogP contribution in [0.4, 0.5) is 0 Å². The fourth-order valence-corrected chi connectivity index (χ4v) is 1.91. The van der Waals surface area contributed by atoms with E-state index in [1.807, 2.05) is 18.5 Å². The van der Waals surface area contributed by atoms with Crippen molar-refractivity contribution in [3.8, 4) is 11.3 Å². The summed E-state index contributed by atoms with van der Waals surface area (Å²) in [6.45, 7) is 2.09. The summed E-state index contributed by atoms with van der Waals surface area (Å²) in [5.41, 5.74) is 4.54. The first-order valence-corrected chi connectivity index (χ1v) is 5.34. The summed E-state index contributed by atoms with van der Waals surface area (Å²) in [5, 5.41) is 1.20. The second-order valence-corrected chi connectivity index (χ2v) is 3.97. The molecular formula is C14H12N2. The molecular weight excluding hydrogens is 196 g/mol. The molecule has 1 aromatic carbocycles. The van der Waals surface area contributed by atoms with Gasteiger partial charge < -0.3 is 4.98 Å². The zero-order valence-electron chi connectivity index (χ0n) is 9.07. The van der Waals surface area contributed by atoms with Crippen LogP contribution in [0.1, 0.15) is 5.56 Å². The van der Waals surface area contributed by atoms with E-state index in [0.29, 0.717) is 0 Å². The lowest BCUT2D eigenvalue weighted by Gasteiger charge is -2.02. The van der Waals surface area contributed by atoms with Crippen molar-refractivity contribution in [3.63, 3.8) is 0 Å². The number of hydrogen-bond donors (Lipinski definition) is 1. The van der Waals surface area contributed by atoms with E-state index in [1.54, 1.807) is 0 Å². The van der Waals surface area contributed by atoms with Crippen LogP contribution in [0, 0.1) is 6.92 Å². The molecule has 0 aliphatic carbocycles. The third-order valence-electron chi connectivity index (χ3n) is 2.80. The molecule has 78 valence electrons. The molecule has 0 fully saturated rings. The molecule has 3 rings (SSSR count). The van der Waals surface area contributed by atoms with Gasteiger partial charge in [-0.25, -0.2) is 0 Å². The van der Waals surface area contributed by atoms with E-state index in [2.05, 4.69) is 47.2 Å². The van der Waals surface area contributed by atoms with E-state index in [9.17, 15) is 0 Å². The summed E-state index contributed by atoms with van der Waals surface area (Å²) >= 11 is 0. The van der Waals surface area contributed by atoms with Gasteiger partial charge in [-0.2, -0.15) is 0 Å². The average Bonchev–Trinajstić information content (AvgIpc) is 2.78. The van der Waals surface area contributed by atoms with Crippen molar-refractivity contribution < 1.29 is 0 Å². The third-order valence-corrected chi connectivity index (χ3v) is 2.80. The van der Waals surface area contributed by atoms with Crippen LogP contribution < -0.4 is 0 Å². The Morgan fingerprint density at radius 1 is 1.00 bits per heavy atom. The lowest BCUT2D eigenvalue weighted by molar-refractivity contribution is 1.33. The number of aryl methyl sites for hydroxylation is 1. The minimum absolute atomic E-state index is 1.02. The molecule has 2 heteroatoms. The second kappa shape index (κ2) is 3.49. The van der Waals surface area contributed by atoms with Gasteiger partial charge in [-0.05, 0) is 19.1 Å². The normalized spacial score (nSPS) is 10.8. The van der Waals surface area contributed by atoms with Gasteiger partial charge in [0.05, 0.1) is 11.2 Å². The lowest BCUT2D eigenvalue weighted by Crippen LogP contribution is -1.85. The number of H-pyrrole nitrogens is 1. The number of aromatic nitrogens is 2. The van der Waals surface area contributed by atoms with Gasteiger partial charge in [-0.15, -0.1) is 0 Å². The van der Waals surface area contributed by atoms with Crippen molar-refractivity contribution in [2.75, 3.05) is 0 Å². The van der Waals surface area contributed by atoms with Crippen LogP contribution in [-0.4, -0.2) is 9.97 Å². The summed E-state index contributed by atoms with van der Waals surface area (Å²) in [5.74, 6) is 0. The molecule has 16 heavy (non-hydrogen) atoms. The number of nitrogens with one attached hydrogen (secondary N) is 1. The third kappa shape index (κ3) is 1.39. The Bertz CT molecular complexity index is 621. The molecule has 0 saturated carbocycles. The molecule has 2 nitrogen and oxygen atoms in total. The average molecular weight is 208 g/mol. The Kier molecular flexibility index (Phi) is 2.00. The number of hydrogen-bond acceptors (Lipinski definition) is 1. The van der Waals surface area contributed by atoms with E-state index in [0.717, 1.165) is 16.8 Å². The van der Waals surface area contributed by atoms with Gasteiger partial charge in [0.1, 0.15) is 0 Å². The van der Waals surface area contributed by atoms with Crippen molar-refractivity contribution in [3.05, 3.63) is 54.4 Å². The van der Waals surface area contributed by atoms with Crippen molar-refractivity contribution in [1.82, 2.24) is 9.97 Å². The molecule has 1 N–H and O–H groups in total. The van der Waals surface area contributed by atoms with Gasteiger partial charge >= 0.3 is 0 Å². The van der Waals surface area contributed by atoms with Gasteiger partial charge in [0.15, 0.2) is 0 Å². The smallest absolute Gasteiger partial charge is 0.0942 e. The van der Waals surface area contributed by atoms with Gasteiger partial charge in [0.25, 0.3) is 0 Å². The molecule has 2 heterocycles. The highest BCUT2D eigenvalue weighted by Crippen LogP contribution is 2.25. The number of pyridine rings is 1. The SMILES string of the molecule is Cc1ccc(-c2nccc3cc[nH]c23)cc1. The molecule has 0 aliphatic heterocycles. The Morgan fingerprint density at radius 3 is 2.62 bits per heavy atom. The Morgan fingerprint density at radius 2 is 1.81 bits per heavy atom. The summed E-state index contributed by atoms with van der Waals surface area (Å²) in [4.78, 5) is 7.69. The summed E-state index contributed by atoms with van der Waals surface area (Å²) in [6, 6.07) is 12.5. The van der Waals surface area contributed by atoms with Crippen LogP contribution in [0.5, 0.6) is 0 Å². The molecule has 0 radical (unpaired) electrons. The van der Waals surface area contributed by atoms with E-state index in [1.165, 1.54) is 10.9 Å². The number of fused-ring (bicyclic) bond motifs is 1. The summed E-state index contributed by atoms with van der Waals surface area (Å²) in [7, 11) is 0. The summed E-state index contributed by atoms with van der Waals surface area (Å²) in [6.07, 6.45) is 3.80. The van der Waals surface area contributed by atoms with E-state index < -0.39 is 0 Å². The van der Waals surface area contributed by atoms with Crippen molar-refractivity contribution in [2.24, 2.45) is 0 Å². The van der Waals surface area contributed by atoms with Crippen LogP contribution in [0.3, 0.4) is 0 Å². The van der Waals surface area contributed by atoms with Crippen molar-refractivity contribution in [1.29, 1.82) is 0 Å². The first-order chi connectivity index (χ1) is 7.84. The van der Waals surface area contributed by atoms with Gasteiger partial charge in [-0.3, -0.25) is 4.98 Å². The van der Waals surface area contributed by atoms with Gasteiger partial charge in [0.2, 0.25) is 0 Å².